The number of aryl methyl sites for hydroxylation is 1. The fourth-order valence-corrected chi connectivity index (χ4v) is 4.95. The third kappa shape index (κ3) is 5.65. The van der Waals surface area contributed by atoms with Crippen LogP contribution in [0.15, 0.2) is 71.6 Å². The number of hydrogen-bond donors (Lipinski definition) is 2. The van der Waals surface area contributed by atoms with E-state index < -0.39 is 10.0 Å². The SMILES string of the molecule is Cc1ccc(C(=O)Nc2ccc(N3CCOCC3)c(S(=O)(=O)Nc3ccc(Cl)cc3)c2)cc1. The number of carbonyl (C=O) groups excluding carboxylic acids is 1. The Balaban J connectivity index is 1.67. The molecule has 1 saturated heterocycles. The molecule has 0 radical (unpaired) electrons. The maximum Gasteiger partial charge on any atom is 0.264 e. The van der Waals surface area contributed by atoms with Gasteiger partial charge in [0, 0.05) is 35.1 Å². The number of morpholine rings is 1. The summed E-state index contributed by atoms with van der Waals surface area (Å²) in [6, 6.07) is 18.5. The molecule has 0 aliphatic carbocycles. The highest BCUT2D eigenvalue weighted by atomic mass is 35.5. The molecule has 0 unspecified atom stereocenters. The summed E-state index contributed by atoms with van der Waals surface area (Å²) in [5.41, 5.74) is 2.85. The largest absolute Gasteiger partial charge is 0.378 e. The van der Waals surface area contributed by atoms with Gasteiger partial charge in [-0.2, -0.15) is 0 Å². The Bertz CT molecular complexity index is 1240. The number of nitrogens with one attached hydrogen (secondary N) is 2. The average molecular weight is 486 g/mol. The first kappa shape index (κ1) is 23.1. The van der Waals surface area contributed by atoms with Crippen molar-refractivity contribution in [2.45, 2.75) is 11.8 Å². The summed E-state index contributed by atoms with van der Waals surface area (Å²) in [6.45, 7) is 4.10. The second-order valence-corrected chi connectivity index (χ2v) is 9.80. The molecule has 0 aromatic heterocycles. The fraction of sp³-hybridized carbons (Fsp3) is 0.208. The van der Waals surface area contributed by atoms with E-state index >= 15 is 0 Å². The summed E-state index contributed by atoms with van der Waals surface area (Å²) in [5.74, 6) is -0.317. The minimum atomic E-state index is -3.96. The van der Waals surface area contributed by atoms with Crippen LogP contribution in [0.4, 0.5) is 17.1 Å². The van der Waals surface area contributed by atoms with Crippen LogP contribution in [-0.2, 0) is 14.8 Å². The topological polar surface area (TPSA) is 87.7 Å². The predicted molar refractivity (Wildman–Crippen MR) is 131 cm³/mol. The van der Waals surface area contributed by atoms with E-state index in [1.807, 2.05) is 24.0 Å². The van der Waals surface area contributed by atoms with E-state index in [0.29, 0.717) is 54.0 Å². The van der Waals surface area contributed by atoms with Crippen LogP contribution in [0.1, 0.15) is 15.9 Å². The number of amides is 1. The molecule has 7 nitrogen and oxygen atoms in total. The van der Waals surface area contributed by atoms with Crippen LogP contribution in [0.3, 0.4) is 0 Å². The van der Waals surface area contributed by atoms with Gasteiger partial charge in [0.1, 0.15) is 4.90 Å². The van der Waals surface area contributed by atoms with Gasteiger partial charge in [-0.05, 0) is 61.5 Å². The first-order valence-corrected chi connectivity index (χ1v) is 12.3. The van der Waals surface area contributed by atoms with Gasteiger partial charge < -0.3 is 15.0 Å². The Labute approximate surface area is 198 Å². The number of hydrogen-bond acceptors (Lipinski definition) is 5. The summed E-state index contributed by atoms with van der Waals surface area (Å²) in [5, 5.41) is 3.31. The minimum absolute atomic E-state index is 0.0704. The van der Waals surface area contributed by atoms with Crippen LogP contribution in [0, 0.1) is 6.92 Å². The lowest BCUT2D eigenvalue weighted by atomic mass is 10.1. The van der Waals surface area contributed by atoms with Crippen molar-refractivity contribution in [2.75, 3.05) is 41.2 Å². The summed E-state index contributed by atoms with van der Waals surface area (Å²) in [6.07, 6.45) is 0. The lowest BCUT2D eigenvalue weighted by molar-refractivity contribution is 0.102. The highest BCUT2D eigenvalue weighted by molar-refractivity contribution is 7.92. The molecule has 0 atom stereocenters. The van der Waals surface area contributed by atoms with Crippen LogP contribution >= 0.6 is 11.6 Å². The maximum absolute atomic E-state index is 13.4. The Morgan fingerprint density at radius 3 is 2.24 bits per heavy atom. The molecule has 4 rings (SSSR count). The highest BCUT2D eigenvalue weighted by Gasteiger charge is 2.24. The molecule has 1 aliphatic heterocycles. The van der Waals surface area contributed by atoms with Gasteiger partial charge in [-0.25, -0.2) is 8.42 Å². The van der Waals surface area contributed by atoms with Crippen LogP contribution < -0.4 is 14.9 Å². The van der Waals surface area contributed by atoms with Crippen LogP contribution in [0.2, 0.25) is 5.02 Å². The number of benzene rings is 3. The van der Waals surface area contributed by atoms with Crippen LogP contribution in [0.25, 0.3) is 0 Å². The second kappa shape index (κ2) is 9.82. The van der Waals surface area contributed by atoms with E-state index in [1.165, 1.54) is 6.07 Å². The molecule has 0 bridgehead atoms. The molecule has 1 heterocycles. The number of nitrogens with zero attached hydrogens (tertiary/aromatic N) is 1. The van der Waals surface area contributed by atoms with Gasteiger partial charge in [0.2, 0.25) is 0 Å². The molecule has 1 amide bonds. The van der Waals surface area contributed by atoms with Gasteiger partial charge in [-0.1, -0.05) is 29.3 Å². The number of halogens is 1. The van der Waals surface area contributed by atoms with E-state index in [9.17, 15) is 13.2 Å². The van der Waals surface area contributed by atoms with E-state index in [-0.39, 0.29) is 10.8 Å². The average Bonchev–Trinajstić information content (AvgIpc) is 2.81. The second-order valence-electron chi connectivity index (χ2n) is 7.71. The zero-order valence-electron chi connectivity index (χ0n) is 18.0. The van der Waals surface area contributed by atoms with E-state index in [0.717, 1.165) is 5.56 Å². The van der Waals surface area contributed by atoms with Gasteiger partial charge >= 0.3 is 0 Å². The molecule has 2 N–H and O–H groups in total. The third-order valence-electron chi connectivity index (χ3n) is 5.27. The van der Waals surface area contributed by atoms with Gasteiger partial charge in [-0.15, -0.1) is 0 Å². The van der Waals surface area contributed by atoms with Crippen LogP contribution in [0.5, 0.6) is 0 Å². The first-order chi connectivity index (χ1) is 15.8. The van der Waals surface area contributed by atoms with Crippen LogP contribution in [-0.4, -0.2) is 40.6 Å². The molecular formula is C24H24ClN3O4S. The van der Waals surface area contributed by atoms with E-state index in [1.54, 1.807) is 48.5 Å². The van der Waals surface area contributed by atoms with Crippen molar-refractivity contribution in [2.24, 2.45) is 0 Å². The molecular weight excluding hydrogens is 462 g/mol. The normalized spacial score (nSPS) is 14.1. The molecule has 3 aromatic carbocycles. The highest BCUT2D eigenvalue weighted by Crippen LogP contribution is 2.31. The molecule has 1 fully saturated rings. The molecule has 0 spiro atoms. The number of sulfonamides is 1. The first-order valence-electron chi connectivity index (χ1n) is 10.4. The summed E-state index contributed by atoms with van der Waals surface area (Å²) >= 11 is 5.92. The standard InChI is InChI=1S/C24H24ClN3O4S/c1-17-2-4-18(5-3-17)24(29)26-21-10-11-22(28-12-14-32-15-13-28)23(16-21)33(30,31)27-20-8-6-19(25)7-9-20/h2-11,16,27H,12-15H2,1H3,(H,26,29). The maximum atomic E-state index is 13.4. The predicted octanol–water partition coefficient (Wildman–Crippen LogP) is 4.54. The Morgan fingerprint density at radius 1 is 0.939 bits per heavy atom. The fourth-order valence-electron chi connectivity index (χ4n) is 3.51. The lowest BCUT2D eigenvalue weighted by Gasteiger charge is -2.30. The molecule has 172 valence electrons. The number of rotatable bonds is 6. The van der Waals surface area contributed by atoms with E-state index in [4.69, 9.17) is 16.3 Å². The quantitative estimate of drug-likeness (QED) is 0.535. The van der Waals surface area contributed by atoms with Gasteiger partial charge in [-0.3, -0.25) is 9.52 Å². The van der Waals surface area contributed by atoms with Crippen molar-refractivity contribution in [3.8, 4) is 0 Å². The molecule has 33 heavy (non-hydrogen) atoms. The third-order valence-corrected chi connectivity index (χ3v) is 6.93. The number of carbonyl (C=O) groups is 1. The molecule has 9 heteroatoms. The number of ether oxygens (including phenoxy) is 1. The smallest absolute Gasteiger partial charge is 0.264 e. The van der Waals surface area contributed by atoms with Crippen molar-refractivity contribution in [1.82, 2.24) is 0 Å². The van der Waals surface area contributed by atoms with Crippen molar-refractivity contribution in [3.05, 3.63) is 82.9 Å². The van der Waals surface area contributed by atoms with Crippen molar-refractivity contribution in [1.29, 1.82) is 0 Å². The lowest BCUT2D eigenvalue weighted by Crippen LogP contribution is -2.37. The summed E-state index contributed by atoms with van der Waals surface area (Å²) in [7, 11) is -3.96. The van der Waals surface area contributed by atoms with Gasteiger partial charge in [0.15, 0.2) is 0 Å². The van der Waals surface area contributed by atoms with E-state index in [2.05, 4.69) is 10.0 Å². The molecule has 0 saturated carbocycles. The van der Waals surface area contributed by atoms with Gasteiger partial charge in [0.05, 0.1) is 18.9 Å². The molecule has 3 aromatic rings. The summed E-state index contributed by atoms with van der Waals surface area (Å²) in [4.78, 5) is 14.7. The zero-order valence-corrected chi connectivity index (χ0v) is 19.6. The van der Waals surface area contributed by atoms with Gasteiger partial charge in [0.25, 0.3) is 15.9 Å². The van der Waals surface area contributed by atoms with Crippen molar-refractivity contribution >= 4 is 44.6 Å². The Kier molecular flexibility index (Phi) is 6.88. The number of anilines is 3. The minimum Gasteiger partial charge on any atom is -0.378 e. The summed E-state index contributed by atoms with van der Waals surface area (Å²) < 4.78 is 34.8. The monoisotopic (exact) mass is 485 g/mol. The van der Waals surface area contributed by atoms with Crippen molar-refractivity contribution in [3.63, 3.8) is 0 Å². The van der Waals surface area contributed by atoms with Crippen molar-refractivity contribution < 1.29 is 17.9 Å². The molecule has 1 aliphatic rings. The Morgan fingerprint density at radius 2 is 1.58 bits per heavy atom. The zero-order chi connectivity index (χ0) is 23.4. The Hall–Kier alpha value is -3.07.